The summed E-state index contributed by atoms with van der Waals surface area (Å²) in [6.45, 7) is 8.30. The van der Waals surface area contributed by atoms with Gasteiger partial charge in [0.1, 0.15) is 0 Å². The van der Waals surface area contributed by atoms with Crippen molar-refractivity contribution in [1.29, 1.82) is 0 Å². The number of nitrogens with zero attached hydrogens (tertiary/aromatic N) is 1. The van der Waals surface area contributed by atoms with Gasteiger partial charge >= 0.3 is 6.03 Å². The van der Waals surface area contributed by atoms with Gasteiger partial charge in [0, 0.05) is 20.2 Å². The van der Waals surface area contributed by atoms with Crippen LogP contribution in [-0.4, -0.2) is 47.4 Å². The average molecular weight is 308 g/mol. The van der Waals surface area contributed by atoms with Crippen molar-refractivity contribution in [1.82, 2.24) is 10.2 Å². The molecule has 0 bridgehead atoms. The van der Waals surface area contributed by atoms with Crippen molar-refractivity contribution < 1.29 is 14.6 Å². The monoisotopic (exact) mass is 308 g/mol. The molecule has 0 saturated heterocycles. The molecule has 0 aliphatic carbocycles. The number of ether oxygens (including phenoxy) is 1. The molecule has 0 fully saturated rings. The van der Waals surface area contributed by atoms with Gasteiger partial charge in [-0.15, -0.1) is 0 Å². The van der Waals surface area contributed by atoms with Gasteiger partial charge in [-0.25, -0.2) is 4.79 Å². The number of amides is 2. The third-order valence-electron chi connectivity index (χ3n) is 3.30. The highest BCUT2D eigenvalue weighted by Gasteiger charge is 2.24. The Morgan fingerprint density at radius 3 is 2.32 bits per heavy atom. The minimum Gasteiger partial charge on any atom is -0.389 e. The van der Waals surface area contributed by atoms with Crippen molar-refractivity contribution in [3.63, 3.8) is 0 Å². The van der Waals surface area contributed by atoms with E-state index in [1.54, 1.807) is 25.9 Å². The second-order valence-corrected chi connectivity index (χ2v) is 6.78. The van der Waals surface area contributed by atoms with Crippen LogP contribution in [0.2, 0.25) is 0 Å². The molecule has 1 aromatic carbocycles. The number of rotatable bonds is 7. The van der Waals surface area contributed by atoms with Crippen LogP contribution in [0.5, 0.6) is 0 Å². The molecular weight excluding hydrogens is 280 g/mol. The fourth-order valence-electron chi connectivity index (χ4n) is 1.94. The number of carbonyl (C=O) groups excluding carboxylic acids is 1. The Morgan fingerprint density at radius 1 is 1.23 bits per heavy atom. The standard InChI is InChI=1S/C17H28N2O3/c1-16(2,21)13-19(11-14-9-7-6-8-10-14)15(20)18-12-17(3,4)22-5/h6-10,21H,11-13H2,1-5H3,(H,18,20). The van der Waals surface area contributed by atoms with Crippen LogP contribution in [-0.2, 0) is 11.3 Å². The first-order valence-electron chi connectivity index (χ1n) is 7.47. The number of nitrogens with one attached hydrogen (secondary N) is 1. The Bertz CT molecular complexity index is 467. The minimum absolute atomic E-state index is 0.212. The number of hydrogen-bond acceptors (Lipinski definition) is 3. The van der Waals surface area contributed by atoms with Gasteiger partial charge < -0.3 is 20.1 Å². The summed E-state index contributed by atoms with van der Waals surface area (Å²) in [5.74, 6) is 0. The zero-order chi connectivity index (χ0) is 16.8. The predicted molar refractivity (Wildman–Crippen MR) is 87.6 cm³/mol. The second-order valence-electron chi connectivity index (χ2n) is 6.78. The highest BCUT2D eigenvalue weighted by molar-refractivity contribution is 5.74. The van der Waals surface area contributed by atoms with Gasteiger partial charge in [0.25, 0.3) is 0 Å². The van der Waals surface area contributed by atoms with E-state index in [9.17, 15) is 9.90 Å². The van der Waals surface area contributed by atoms with Gasteiger partial charge in [0.15, 0.2) is 0 Å². The summed E-state index contributed by atoms with van der Waals surface area (Å²) in [5, 5.41) is 12.9. The highest BCUT2D eigenvalue weighted by Crippen LogP contribution is 2.11. The summed E-state index contributed by atoms with van der Waals surface area (Å²) < 4.78 is 5.30. The zero-order valence-corrected chi connectivity index (χ0v) is 14.2. The van der Waals surface area contributed by atoms with Crippen molar-refractivity contribution in [2.75, 3.05) is 20.2 Å². The predicted octanol–water partition coefficient (Wildman–Crippen LogP) is 2.39. The van der Waals surface area contributed by atoms with Crippen LogP contribution in [0.1, 0.15) is 33.3 Å². The van der Waals surface area contributed by atoms with Crippen LogP contribution in [0.4, 0.5) is 4.79 Å². The quantitative estimate of drug-likeness (QED) is 0.813. The summed E-state index contributed by atoms with van der Waals surface area (Å²) in [7, 11) is 1.62. The number of urea groups is 1. The fraction of sp³-hybridized carbons (Fsp3) is 0.588. The Balaban J connectivity index is 2.75. The Morgan fingerprint density at radius 2 is 1.82 bits per heavy atom. The number of methoxy groups -OCH3 is 1. The van der Waals surface area contributed by atoms with E-state index in [1.165, 1.54) is 0 Å². The molecule has 0 atom stereocenters. The molecule has 0 saturated carbocycles. The first kappa shape index (κ1) is 18.5. The smallest absolute Gasteiger partial charge is 0.317 e. The lowest BCUT2D eigenvalue weighted by molar-refractivity contribution is 0.0210. The largest absolute Gasteiger partial charge is 0.389 e. The van der Waals surface area contributed by atoms with E-state index in [0.717, 1.165) is 5.56 Å². The molecule has 5 nitrogen and oxygen atoms in total. The topological polar surface area (TPSA) is 61.8 Å². The summed E-state index contributed by atoms with van der Waals surface area (Å²) >= 11 is 0. The molecule has 0 aliphatic rings. The molecule has 5 heteroatoms. The molecule has 0 radical (unpaired) electrons. The normalized spacial score (nSPS) is 12.1. The van der Waals surface area contributed by atoms with Gasteiger partial charge in [-0.3, -0.25) is 0 Å². The van der Waals surface area contributed by atoms with Crippen LogP contribution in [0.15, 0.2) is 30.3 Å². The Kier molecular flexibility index (Phi) is 6.38. The van der Waals surface area contributed by atoms with Crippen LogP contribution >= 0.6 is 0 Å². The first-order chi connectivity index (χ1) is 10.1. The maximum Gasteiger partial charge on any atom is 0.317 e. The molecule has 124 valence electrons. The van der Waals surface area contributed by atoms with Gasteiger partial charge in [-0.2, -0.15) is 0 Å². The van der Waals surface area contributed by atoms with E-state index in [0.29, 0.717) is 13.1 Å². The zero-order valence-electron chi connectivity index (χ0n) is 14.2. The van der Waals surface area contributed by atoms with Gasteiger partial charge in [0.2, 0.25) is 0 Å². The van der Waals surface area contributed by atoms with E-state index >= 15 is 0 Å². The molecule has 0 aromatic heterocycles. The SMILES string of the molecule is COC(C)(C)CNC(=O)N(Cc1ccccc1)CC(C)(C)O. The van der Waals surface area contributed by atoms with E-state index in [1.807, 2.05) is 44.2 Å². The Labute approximate surface area is 133 Å². The van der Waals surface area contributed by atoms with E-state index < -0.39 is 11.2 Å². The van der Waals surface area contributed by atoms with E-state index in [4.69, 9.17) is 4.74 Å². The van der Waals surface area contributed by atoms with Crippen molar-refractivity contribution in [3.05, 3.63) is 35.9 Å². The lowest BCUT2D eigenvalue weighted by Gasteiger charge is -2.31. The lowest BCUT2D eigenvalue weighted by atomic mass is 10.1. The first-order valence-corrected chi connectivity index (χ1v) is 7.47. The molecule has 0 unspecified atom stereocenters. The van der Waals surface area contributed by atoms with E-state index in [2.05, 4.69) is 5.32 Å². The maximum absolute atomic E-state index is 12.4. The van der Waals surface area contributed by atoms with Crippen LogP contribution in [0.25, 0.3) is 0 Å². The summed E-state index contributed by atoms with van der Waals surface area (Å²) in [4.78, 5) is 14.0. The third-order valence-corrected chi connectivity index (χ3v) is 3.30. The number of aliphatic hydroxyl groups is 1. The van der Waals surface area contributed by atoms with Gasteiger partial charge in [0.05, 0.1) is 17.7 Å². The molecule has 2 N–H and O–H groups in total. The van der Waals surface area contributed by atoms with Crippen molar-refractivity contribution in [2.45, 2.75) is 45.4 Å². The summed E-state index contributed by atoms with van der Waals surface area (Å²) in [5.41, 5.74) is -0.362. The van der Waals surface area contributed by atoms with E-state index in [-0.39, 0.29) is 12.6 Å². The third kappa shape index (κ3) is 6.91. The van der Waals surface area contributed by atoms with Crippen LogP contribution in [0.3, 0.4) is 0 Å². The fourth-order valence-corrected chi connectivity index (χ4v) is 1.94. The second kappa shape index (κ2) is 7.61. The van der Waals surface area contributed by atoms with Gasteiger partial charge in [-0.05, 0) is 33.3 Å². The molecule has 2 amide bonds. The van der Waals surface area contributed by atoms with Crippen LogP contribution in [0, 0.1) is 0 Å². The maximum atomic E-state index is 12.4. The molecule has 1 aromatic rings. The minimum atomic E-state index is -0.955. The number of carbonyl (C=O) groups is 1. The molecule has 0 heterocycles. The van der Waals surface area contributed by atoms with Crippen molar-refractivity contribution >= 4 is 6.03 Å². The van der Waals surface area contributed by atoms with Crippen molar-refractivity contribution in [3.8, 4) is 0 Å². The average Bonchev–Trinajstić information content (AvgIpc) is 2.44. The van der Waals surface area contributed by atoms with Gasteiger partial charge in [-0.1, -0.05) is 30.3 Å². The summed E-state index contributed by atoms with van der Waals surface area (Å²) in [6, 6.07) is 9.52. The molecule has 22 heavy (non-hydrogen) atoms. The number of benzene rings is 1. The lowest BCUT2D eigenvalue weighted by Crippen LogP contribution is -2.49. The molecule has 1 rings (SSSR count). The Hall–Kier alpha value is -1.59. The van der Waals surface area contributed by atoms with Crippen LogP contribution < -0.4 is 5.32 Å². The molecule has 0 spiro atoms. The molecule has 0 aliphatic heterocycles. The summed E-state index contributed by atoms with van der Waals surface area (Å²) in [6.07, 6.45) is 0. The highest BCUT2D eigenvalue weighted by atomic mass is 16.5. The number of hydrogen-bond donors (Lipinski definition) is 2. The molecular formula is C17H28N2O3. The van der Waals surface area contributed by atoms with Crippen molar-refractivity contribution in [2.24, 2.45) is 0 Å².